The molecular weight excluding hydrogens is 328 g/mol. The fourth-order valence-corrected chi connectivity index (χ4v) is 4.25. The van der Waals surface area contributed by atoms with Gasteiger partial charge in [-0.25, -0.2) is 0 Å². The predicted molar refractivity (Wildman–Crippen MR) is 104 cm³/mol. The van der Waals surface area contributed by atoms with Gasteiger partial charge in [-0.05, 0) is 30.5 Å². The van der Waals surface area contributed by atoms with Crippen LogP contribution in [-0.4, -0.2) is 70.5 Å². The number of benzene rings is 1. The van der Waals surface area contributed by atoms with Crippen LogP contribution in [0.4, 0.5) is 5.69 Å². The second-order valence-corrected chi connectivity index (χ2v) is 7.64. The van der Waals surface area contributed by atoms with Crippen molar-refractivity contribution >= 4 is 11.6 Å². The molecule has 0 aromatic heterocycles. The standard InChI is InChI=1S/C20H30N4O2/c1-21-19(24-8-6-20(15-24)7-11-26-16-20)22-14-17-2-4-18(5-3-17)23-9-12-25-13-10-23/h2-5H,6-16H2,1H3,(H,21,22). The minimum absolute atomic E-state index is 0.359. The second-order valence-electron chi connectivity index (χ2n) is 7.64. The smallest absolute Gasteiger partial charge is 0.193 e. The van der Waals surface area contributed by atoms with Crippen molar-refractivity contribution in [1.29, 1.82) is 0 Å². The van der Waals surface area contributed by atoms with Crippen LogP contribution >= 0.6 is 0 Å². The van der Waals surface area contributed by atoms with Crippen molar-refractivity contribution in [2.45, 2.75) is 19.4 Å². The van der Waals surface area contributed by atoms with Gasteiger partial charge in [-0.3, -0.25) is 4.99 Å². The topological polar surface area (TPSA) is 49.3 Å². The van der Waals surface area contributed by atoms with E-state index >= 15 is 0 Å². The number of rotatable bonds is 3. The Morgan fingerprint density at radius 3 is 2.58 bits per heavy atom. The zero-order valence-corrected chi connectivity index (χ0v) is 15.7. The molecule has 3 aliphatic rings. The zero-order valence-electron chi connectivity index (χ0n) is 15.7. The summed E-state index contributed by atoms with van der Waals surface area (Å²) >= 11 is 0. The Kier molecular flexibility index (Phi) is 5.31. The van der Waals surface area contributed by atoms with Crippen LogP contribution in [0.1, 0.15) is 18.4 Å². The lowest BCUT2D eigenvalue weighted by Gasteiger charge is -2.29. The molecule has 1 aromatic rings. The van der Waals surface area contributed by atoms with Crippen molar-refractivity contribution < 1.29 is 9.47 Å². The summed E-state index contributed by atoms with van der Waals surface area (Å²) in [6, 6.07) is 8.85. The summed E-state index contributed by atoms with van der Waals surface area (Å²) in [6.45, 7) is 8.34. The van der Waals surface area contributed by atoms with Gasteiger partial charge in [0, 0.05) is 57.5 Å². The molecule has 3 heterocycles. The molecule has 1 atom stereocenters. The molecule has 0 aliphatic carbocycles. The third-order valence-electron chi connectivity index (χ3n) is 5.90. The highest BCUT2D eigenvalue weighted by Gasteiger charge is 2.42. The number of hydrogen-bond donors (Lipinski definition) is 1. The molecule has 1 aromatic carbocycles. The highest BCUT2D eigenvalue weighted by atomic mass is 16.5. The maximum atomic E-state index is 5.64. The molecule has 6 heteroatoms. The SMILES string of the molecule is CN=C(NCc1ccc(N2CCOCC2)cc1)N1CCC2(CCOC2)C1. The Bertz CT molecular complexity index is 619. The summed E-state index contributed by atoms with van der Waals surface area (Å²) in [5.74, 6) is 1.01. The van der Waals surface area contributed by atoms with E-state index in [0.717, 1.165) is 65.1 Å². The molecule has 1 spiro atoms. The molecular formula is C20H30N4O2. The van der Waals surface area contributed by atoms with E-state index in [9.17, 15) is 0 Å². The van der Waals surface area contributed by atoms with Crippen LogP contribution in [-0.2, 0) is 16.0 Å². The average molecular weight is 358 g/mol. The molecule has 3 saturated heterocycles. The van der Waals surface area contributed by atoms with Crippen LogP contribution in [0, 0.1) is 5.41 Å². The number of likely N-dealkylation sites (tertiary alicyclic amines) is 1. The maximum Gasteiger partial charge on any atom is 0.193 e. The van der Waals surface area contributed by atoms with E-state index in [0.29, 0.717) is 5.41 Å². The third-order valence-corrected chi connectivity index (χ3v) is 5.90. The number of anilines is 1. The van der Waals surface area contributed by atoms with Crippen molar-refractivity contribution in [3.8, 4) is 0 Å². The predicted octanol–water partition coefficient (Wildman–Crippen LogP) is 1.71. The fourth-order valence-electron chi connectivity index (χ4n) is 4.25. The number of nitrogens with one attached hydrogen (secondary N) is 1. The first-order chi connectivity index (χ1) is 12.8. The molecule has 0 bridgehead atoms. The van der Waals surface area contributed by atoms with Crippen LogP contribution in [0.5, 0.6) is 0 Å². The van der Waals surface area contributed by atoms with Gasteiger partial charge in [0.1, 0.15) is 0 Å². The number of ether oxygens (including phenoxy) is 2. The van der Waals surface area contributed by atoms with Gasteiger partial charge in [0.25, 0.3) is 0 Å². The number of guanidine groups is 1. The number of hydrogen-bond acceptors (Lipinski definition) is 4. The van der Waals surface area contributed by atoms with Crippen LogP contribution in [0.25, 0.3) is 0 Å². The van der Waals surface area contributed by atoms with E-state index < -0.39 is 0 Å². The van der Waals surface area contributed by atoms with Crippen LogP contribution in [0.3, 0.4) is 0 Å². The first-order valence-corrected chi connectivity index (χ1v) is 9.73. The molecule has 0 saturated carbocycles. The van der Waals surface area contributed by atoms with E-state index in [4.69, 9.17) is 9.47 Å². The van der Waals surface area contributed by atoms with E-state index in [2.05, 4.69) is 44.4 Å². The summed E-state index contributed by atoms with van der Waals surface area (Å²) in [5, 5.41) is 3.53. The summed E-state index contributed by atoms with van der Waals surface area (Å²) in [5.41, 5.74) is 2.92. The maximum absolute atomic E-state index is 5.64. The van der Waals surface area contributed by atoms with Gasteiger partial charge in [0.2, 0.25) is 0 Å². The first-order valence-electron chi connectivity index (χ1n) is 9.73. The molecule has 3 aliphatic heterocycles. The molecule has 26 heavy (non-hydrogen) atoms. The van der Waals surface area contributed by atoms with E-state index in [1.165, 1.54) is 24.1 Å². The van der Waals surface area contributed by atoms with Crippen LogP contribution in [0.15, 0.2) is 29.3 Å². The lowest BCUT2D eigenvalue weighted by molar-refractivity contribution is 0.122. The monoisotopic (exact) mass is 358 g/mol. The van der Waals surface area contributed by atoms with E-state index in [1.54, 1.807) is 0 Å². The normalized spacial score (nSPS) is 26.7. The van der Waals surface area contributed by atoms with Gasteiger partial charge in [-0.1, -0.05) is 12.1 Å². The van der Waals surface area contributed by atoms with Gasteiger partial charge < -0.3 is 24.6 Å². The summed E-state index contributed by atoms with van der Waals surface area (Å²) in [7, 11) is 1.88. The van der Waals surface area contributed by atoms with Gasteiger partial charge >= 0.3 is 0 Å². The lowest BCUT2D eigenvalue weighted by atomic mass is 9.87. The van der Waals surface area contributed by atoms with E-state index in [-0.39, 0.29) is 0 Å². The number of nitrogens with zero attached hydrogens (tertiary/aromatic N) is 3. The molecule has 1 N–H and O–H groups in total. The Labute approximate surface area is 156 Å². The Balaban J connectivity index is 1.31. The zero-order chi connectivity index (χ0) is 17.8. The van der Waals surface area contributed by atoms with Crippen molar-refractivity contribution in [3.63, 3.8) is 0 Å². The van der Waals surface area contributed by atoms with Crippen LogP contribution in [0.2, 0.25) is 0 Å². The highest BCUT2D eigenvalue weighted by molar-refractivity contribution is 5.80. The average Bonchev–Trinajstić information content (AvgIpc) is 3.34. The second kappa shape index (κ2) is 7.84. The van der Waals surface area contributed by atoms with Crippen molar-refractivity contribution in [1.82, 2.24) is 10.2 Å². The van der Waals surface area contributed by atoms with Gasteiger partial charge in [0.05, 0.1) is 19.8 Å². The number of aliphatic imine (C=N–C) groups is 1. The van der Waals surface area contributed by atoms with Crippen molar-refractivity contribution in [2.75, 3.05) is 64.6 Å². The summed E-state index contributed by atoms with van der Waals surface area (Å²) < 4.78 is 11.1. The molecule has 0 amide bonds. The minimum atomic E-state index is 0.359. The quantitative estimate of drug-likeness (QED) is 0.659. The Hall–Kier alpha value is -1.79. The van der Waals surface area contributed by atoms with E-state index in [1.807, 2.05) is 7.05 Å². The van der Waals surface area contributed by atoms with Crippen molar-refractivity contribution in [2.24, 2.45) is 10.4 Å². The molecule has 1 unspecified atom stereocenters. The highest BCUT2D eigenvalue weighted by Crippen LogP contribution is 2.38. The summed E-state index contributed by atoms with van der Waals surface area (Å²) in [6.07, 6.45) is 2.39. The van der Waals surface area contributed by atoms with Gasteiger partial charge in [0.15, 0.2) is 5.96 Å². The van der Waals surface area contributed by atoms with Gasteiger partial charge in [-0.2, -0.15) is 0 Å². The van der Waals surface area contributed by atoms with Gasteiger partial charge in [-0.15, -0.1) is 0 Å². The summed E-state index contributed by atoms with van der Waals surface area (Å²) in [4.78, 5) is 9.27. The molecule has 6 nitrogen and oxygen atoms in total. The molecule has 4 rings (SSSR count). The molecule has 142 valence electrons. The Morgan fingerprint density at radius 1 is 1.08 bits per heavy atom. The minimum Gasteiger partial charge on any atom is -0.381 e. The molecule has 3 fully saturated rings. The fraction of sp³-hybridized carbons (Fsp3) is 0.650. The third kappa shape index (κ3) is 3.81. The number of morpholine rings is 1. The first kappa shape index (κ1) is 17.6. The lowest BCUT2D eigenvalue weighted by Crippen LogP contribution is -2.41. The Morgan fingerprint density at radius 2 is 1.88 bits per heavy atom. The van der Waals surface area contributed by atoms with Crippen LogP contribution < -0.4 is 10.2 Å². The largest absolute Gasteiger partial charge is 0.381 e. The van der Waals surface area contributed by atoms with Crippen molar-refractivity contribution in [3.05, 3.63) is 29.8 Å². The molecule has 0 radical (unpaired) electrons.